The van der Waals surface area contributed by atoms with Crippen molar-refractivity contribution < 1.29 is 9.90 Å². The van der Waals surface area contributed by atoms with Crippen molar-refractivity contribution in [2.24, 2.45) is 0 Å². The van der Waals surface area contributed by atoms with E-state index in [1.54, 1.807) is 12.1 Å². The summed E-state index contributed by atoms with van der Waals surface area (Å²) in [6.07, 6.45) is 2.29. The zero-order valence-corrected chi connectivity index (χ0v) is 16.4. The average molecular weight is 395 g/mol. The van der Waals surface area contributed by atoms with E-state index in [4.69, 9.17) is 0 Å². The third-order valence-electron chi connectivity index (χ3n) is 4.63. The van der Waals surface area contributed by atoms with Gasteiger partial charge >= 0.3 is 0 Å². The highest BCUT2D eigenvalue weighted by molar-refractivity contribution is 7.99. The number of phenols is 1. The number of nitrogens with zero attached hydrogens (tertiary/aromatic N) is 3. The van der Waals surface area contributed by atoms with Gasteiger partial charge < -0.3 is 15.0 Å². The molecule has 28 heavy (non-hydrogen) atoms. The summed E-state index contributed by atoms with van der Waals surface area (Å²) in [6.45, 7) is 2.58. The van der Waals surface area contributed by atoms with Gasteiger partial charge in [-0.2, -0.15) is 0 Å². The first-order chi connectivity index (χ1) is 13.6. The molecule has 3 aromatic rings. The molecule has 1 saturated carbocycles. The summed E-state index contributed by atoms with van der Waals surface area (Å²) < 4.78 is 2.12. The molecule has 144 valence electrons. The number of anilines is 1. The molecule has 0 radical (unpaired) electrons. The number of amides is 1. The van der Waals surface area contributed by atoms with Crippen molar-refractivity contribution in [1.82, 2.24) is 14.8 Å². The van der Waals surface area contributed by atoms with Crippen LogP contribution < -0.4 is 5.32 Å². The summed E-state index contributed by atoms with van der Waals surface area (Å²) >= 11 is 1.36. The van der Waals surface area contributed by atoms with Crippen molar-refractivity contribution in [3.05, 3.63) is 65.5 Å². The molecular formula is C21H22N4O2S. The van der Waals surface area contributed by atoms with E-state index in [1.807, 2.05) is 31.2 Å². The lowest BCUT2D eigenvalue weighted by Crippen LogP contribution is -2.15. The molecule has 1 amide bonds. The molecule has 0 atom stereocenters. The summed E-state index contributed by atoms with van der Waals surface area (Å²) in [5, 5.41) is 22.2. The summed E-state index contributed by atoms with van der Waals surface area (Å²) in [5.41, 5.74) is 2.53. The fourth-order valence-corrected chi connectivity index (χ4v) is 3.77. The summed E-state index contributed by atoms with van der Waals surface area (Å²) in [7, 11) is 0. The van der Waals surface area contributed by atoms with Crippen LogP contribution in [0, 0.1) is 6.92 Å². The maximum atomic E-state index is 12.3. The van der Waals surface area contributed by atoms with E-state index in [0.717, 1.165) is 29.4 Å². The van der Waals surface area contributed by atoms with E-state index in [0.29, 0.717) is 18.2 Å². The van der Waals surface area contributed by atoms with Gasteiger partial charge in [-0.05, 0) is 43.0 Å². The average Bonchev–Trinajstić information content (AvgIpc) is 3.45. The van der Waals surface area contributed by atoms with E-state index in [2.05, 4.69) is 32.2 Å². The van der Waals surface area contributed by atoms with Crippen LogP contribution in [0.15, 0.2) is 53.7 Å². The zero-order chi connectivity index (χ0) is 19.5. The SMILES string of the molecule is Cc1ccc(NC(=O)CSc2nnc(C3CC3)n2Cc2ccccc2)c(O)c1. The van der Waals surface area contributed by atoms with Crippen LogP contribution in [-0.4, -0.2) is 31.5 Å². The van der Waals surface area contributed by atoms with Crippen LogP contribution in [-0.2, 0) is 11.3 Å². The van der Waals surface area contributed by atoms with Gasteiger partial charge in [0.2, 0.25) is 5.91 Å². The lowest BCUT2D eigenvalue weighted by molar-refractivity contribution is -0.113. The predicted molar refractivity (Wildman–Crippen MR) is 110 cm³/mol. The molecule has 1 aliphatic carbocycles. The predicted octanol–water partition coefficient (Wildman–Crippen LogP) is 3.95. The topological polar surface area (TPSA) is 80.0 Å². The molecule has 2 N–H and O–H groups in total. The highest BCUT2D eigenvalue weighted by Gasteiger charge is 2.30. The van der Waals surface area contributed by atoms with Gasteiger partial charge in [0, 0.05) is 5.92 Å². The Hall–Kier alpha value is -2.80. The van der Waals surface area contributed by atoms with Gasteiger partial charge in [0.1, 0.15) is 11.6 Å². The van der Waals surface area contributed by atoms with Crippen LogP contribution in [0.2, 0.25) is 0 Å². The molecule has 0 spiro atoms. The number of nitrogens with one attached hydrogen (secondary N) is 1. The van der Waals surface area contributed by atoms with Gasteiger partial charge in [0.05, 0.1) is 18.0 Å². The first kappa shape index (κ1) is 18.6. The fraction of sp³-hybridized carbons (Fsp3) is 0.286. The lowest BCUT2D eigenvalue weighted by atomic mass is 10.2. The second kappa shape index (κ2) is 8.06. The van der Waals surface area contributed by atoms with Crippen molar-refractivity contribution >= 4 is 23.4 Å². The van der Waals surface area contributed by atoms with Crippen LogP contribution >= 0.6 is 11.8 Å². The summed E-state index contributed by atoms with van der Waals surface area (Å²) in [4.78, 5) is 12.3. The normalized spacial score (nSPS) is 13.5. The van der Waals surface area contributed by atoms with E-state index in [9.17, 15) is 9.90 Å². The highest BCUT2D eigenvalue weighted by atomic mass is 32.2. The molecule has 4 rings (SSSR count). The third-order valence-corrected chi connectivity index (χ3v) is 5.60. The second-order valence-electron chi connectivity index (χ2n) is 7.04. The van der Waals surface area contributed by atoms with Gasteiger partial charge in [-0.1, -0.05) is 48.2 Å². The van der Waals surface area contributed by atoms with Gasteiger partial charge in [0.25, 0.3) is 0 Å². The lowest BCUT2D eigenvalue weighted by Gasteiger charge is -2.10. The molecule has 1 aromatic heterocycles. The summed E-state index contributed by atoms with van der Waals surface area (Å²) in [6, 6.07) is 15.4. The maximum absolute atomic E-state index is 12.3. The molecule has 2 aromatic carbocycles. The Balaban J connectivity index is 1.45. The van der Waals surface area contributed by atoms with Gasteiger partial charge in [0.15, 0.2) is 5.16 Å². The van der Waals surface area contributed by atoms with Crippen LogP contribution in [0.4, 0.5) is 5.69 Å². The number of aryl methyl sites for hydroxylation is 1. The number of benzene rings is 2. The van der Waals surface area contributed by atoms with Gasteiger partial charge in [-0.3, -0.25) is 4.79 Å². The Bertz CT molecular complexity index is 983. The molecule has 0 saturated heterocycles. The molecule has 1 aliphatic rings. The molecule has 6 nitrogen and oxygen atoms in total. The van der Waals surface area contributed by atoms with Gasteiger partial charge in [-0.15, -0.1) is 10.2 Å². The monoisotopic (exact) mass is 394 g/mol. The fourth-order valence-electron chi connectivity index (χ4n) is 3.03. The number of carbonyl (C=O) groups is 1. The largest absolute Gasteiger partial charge is 0.506 e. The Morgan fingerprint density at radius 1 is 1.21 bits per heavy atom. The number of phenolic OH excluding ortho intramolecular Hbond substituents is 1. The molecular weight excluding hydrogens is 372 g/mol. The van der Waals surface area contributed by atoms with Crippen molar-refractivity contribution in [1.29, 1.82) is 0 Å². The van der Waals surface area contributed by atoms with Crippen LogP contribution in [0.25, 0.3) is 0 Å². The standard InChI is InChI=1S/C21H22N4O2S/c1-14-7-10-17(18(26)11-14)22-19(27)13-28-21-24-23-20(16-8-9-16)25(21)12-15-5-3-2-4-6-15/h2-7,10-11,16,26H,8-9,12-13H2,1H3,(H,22,27). The maximum Gasteiger partial charge on any atom is 0.234 e. The number of aromatic hydroxyl groups is 1. The second-order valence-corrected chi connectivity index (χ2v) is 7.99. The van der Waals surface area contributed by atoms with Gasteiger partial charge in [-0.25, -0.2) is 0 Å². The number of carbonyl (C=O) groups excluding carboxylic acids is 1. The van der Waals surface area contributed by atoms with Crippen LogP contribution in [0.1, 0.15) is 35.7 Å². The Kier molecular flexibility index (Phi) is 5.34. The Labute approximate surface area is 168 Å². The Morgan fingerprint density at radius 3 is 2.71 bits per heavy atom. The van der Waals surface area contributed by atoms with E-state index >= 15 is 0 Å². The number of aromatic nitrogens is 3. The smallest absolute Gasteiger partial charge is 0.234 e. The molecule has 1 heterocycles. The van der Waals surface area contributed by atoms with Crippen LogP contribution in [0.5, 0.6) is 5.75 Å². The number of hydrogen-bond donors (Lipinski definition) is 2. The molecule has 0 bridgehead atoms. The quantitative estimate of drug-likeness (QED) is 0.469. The summed E-state index contributed by atoms with van der Waals surface area (Å²) in [5.74, 6) is 1.56. The Morgan fingerprint density at radius 2 is 2.00 bits per heavy atom. The number of hydrogen-bond acceptors (Lipinski definition) is 5. The van der Waals surface area contributed by atoms with E-state index < -0.39 is 0 Å². The number of rotatable bonds is 7. The minimum absolute atomic E-state index is 0.0709. The van der Waals surface area contributed by atoms with E-state index in [-0.39, 0.29) is 17.4 Å². The highest BCUT2D eigenvalue weighted by Crippen LogP contribution is 2.40. The molecule has 0 aliphatic heterocycles. The molecule has 1 fully saturated rings. The van der Waals surface area contributed by atoms with Crippen molar-refractivity contribution in [3.63, 3.8) is 0 Å². The molecule has 0 unspecified atom stereocenters. The zero-order valence-electron chi connectivity index (χ0n) is 15.6. The first-order valence-electron chi connectivity index (χ1n) is 9.29. The minimum atomic E-state index is -0.189. The first-order valence-corrected chi connectivity index (χ1v) is 10.3. The van der Waals surface area contributed by atoms with Crippen LogP contribution in [0.3, 0.4) is 0 Å². The van der Waals surface area contributed by atoms with Crippen molar-refractivity contribution in [3.8, 4) is 5.75 Å². The van der Waals surface area contributed by atoms with E-state index in [1.165, 1.54) is 17.3 Å². The minimum Gasteiger partial charge on any atom is -0.506 e. The number of thioether (sulfide) groups is 1. The molecule has 7 heteroatoms. The van der Waals surface area contributed by atoms with Crippen molar-refractivity contribution in [2.75, 3.05) is 11.1 Å². The van der Waals surface area contributed by atoms with Crippen molar-refractivity contribution in [2.45, 2.75) is 37.4 Å². The third kappa shape index (κ3) is 4.36.